The average Bonchev–Trinajstić information content (AvgIpc) is 3.38. The fourth-order valence-electron chi connectivity index (χ4n) is 2.77. The standard InChI is InChI=1S/C20H21Br2NO2/c1-14-9-17(21)10-18(22)20(14)25-13-19(24)23(12-16-7-8-16)11-15-5-3-2-4-6-15/h2-6,9-10,16H,7-8,11-13H2,1H3. The van der Waals surface area contributed by atoms with Crippen molar-refractivity contribution in [3.05, 3.63) is 62.5 Å². The SMILES string of the molecule is Cc1cc(Br)cc(Br)c1OCC(=O)N(Cc1ccccc1)CC1CC1. The molecule has 0 atom stereocenters. The average molecular weight is 467 g/mol. The van der Waals surface area contributed by atoms with E-state index in [1.807, 2.05) is 42.2 Å². The van der Waals surface area contributed by atoms with E-state index in [4.69, 9.17) is 4.74 Å². The van der Waals surface area contributed by atoms with Crippen LogP contribution in [0.3, 0.4) is 0 Å². The number of hydrogen-bond acceptors (Lipinski definition) is 2. The molecule has 0 N–H and O–H groups in total. The van der Waals surface area contributed by atoms with E-state index >= 15 is 0 Å². The molecule has 0 radical (unpaired) electrons. The van der Waals surface area contributed by atoms with Crippen LogP contribution in [0.2, 0.25) is 0 Å². The lowest BCUT2D eigenvalue weighted by Gasteiger charge is -2.23. The van der Waals surface area contributed by atoms with E-state index in [1.54, 1.807) is 0 Å². The molecule has 25 heavy (non-hydrogen) atoms. The van der Waals surface area contributed by atoms with Gasteiger partial charge in [0.25, 0.3) is 5.91 Å². The minimum absolute atomic E-state index is 0.0324. The Bertz CT molecular complexity index is 722. The highest BCUT2D eigenvalue weighted by Crippen LogP contribution is 2.33. The van der Waals surface area contributed by atoms with Crippen molar-refractivity contribution in [1.82, 2.24) is 4.90 Å². The summed E-state index contributed by atoms with van der Waals surface area (Å²) in [6.07, 6.45) is 2.44. The van der Waals surface area contributed by atoms with Crippen LogP contribution in [0, 0.1) is 12.8 Å². The fraction of sp³-hybridized carbons (Fsp3) is 0.350. The van der Waals surface area contributed by atoms with E-state index in [9.17, 15) is 4.79 Å². The zero-order valence-corrected chi connectivity index (χ0v) is 17.3. The highest BCUT2D eigenvalue weighted by molar-refractivity contribution is 9.11. The quantitative estimate of drug-likeness (QED) is 0.551. The first kappa shape index (κ1) is 18.5. The van der Waals surface area contributed by atoms with Gasteiger partial charge in [-0.1, -0.05) is 46.3 Å². The lowest BCUT2D eigenvalue weighted by Crippen LogP contribution is -2.36. The van der Waals surface area contributed by atoms with E-state index in [2.05, 4.69) is 44.0 Å². The smallest absolute Gasteiger partial charge is 0.260 e. The van der Waals surface area contributed by atoms with Crippen LogP contribution in [-0.2, 0) is 11.3 Å². The summed E-state index contributed by atoms with van der Waals surface area (Å²) in [5.41, 5.74) is 2.14. The molecule has 5 heteroatoms. The molecule has 3 rings (SSSR count). The highest BCUT2D eigenvalue weighted by Gasteiger charge is 2.27. The second-order valence-corrected chi connectivity index (χ2v) is 8.30. The van der Waals surface area contributed by atoms with Crippen molar-refractivity contribution in [3.63, 3.8) is 0 Å². The van der Waals surface area contributed by atoms with Crippen LogP contribution in [0.4, 0.5) is 0 Å². The Hall–Kier alpha value is -1.33. The van der Waals surface area contributed by atoms with Crippen LogP contribution in [-0.4, -0.2) is 24.0 Å². The van der Waals surface area contributed by atoms with Gasteiger partial charge in [-0.15, -0.1) is 0 Å². The van der Waals surface area contributed by atoms with Crippen molar-refractivity contribution in [1.29, 1.82) is 0 Å². The number of benzene rings is 2. The van der Waals surface area contributed by atoms with Crippen molar-refractivity contribution in [3.8, 4) is 5.75 Å². The van der Waals surface area contributed by atoms with Gasteiger partial charge in [0.1, 0.15) is 5.75 Å². The Kier molecular flexibility index (Phi) is 6.18. The molecule has 0 unspecified atom stereocenters. The number of carbonyl (C=O) groups excluding carboxylic acids is 1. The minimum Gasteiger partial charge on any atom is -0.482 e. The largest absolute Gasteiger partial charge is 0.482 e. The molecule has 1 aliphatic carbocycles. The summed E-state index contributed by atoms with van der Waals surface area (Å²) in [4.78, 5) is 14.7. The van der Waals surface area contributed by atoms with Gasteiger partial charge < -0.3 is 9.64 Å². The Morgan fingerprint density at radius 2 is 1.92 bits per heavy atom. The van der Waals surface area contributed by atoms with Crippen molar-refractivity contribution in [2.75, 3.05) is 13.2 Å². The summed E-state index contributed by atoms with van der Waals surface area (Å²) < 4.78 is 7.68. The second-order valence-electron chi connectivity index (χ2n) is 6.53. The van der Waals surface area contributed by atoms with Gasteiger partial charge in [0.15, 0.2) is 6.61 Å². The van der Waals surface area contributed by atoms with Gasteiger partial charge in [-0.3, -0.25) is 4.79 Å². The Balaban J connectivity index is 1.66. The van der Waals surface area contributed by atoms with Gasteiger partial charge in [0.2, 0.25) is 0 Å². The topological polar surface area (TPSA) is 29.5 Å². The molecule has 1 saturated carbocycles. The summed E-state index contributed by atoms with van der Waals surface area (Å²) in [6.45, 7) is 3.49. The zero-order valence-electron chi connectivity index (χ0n) is 14.2. The van der Waals surface area contributed by atoms with E-state index in [1.165, 1.54) is 12.8 Å². The highest BCUT2D eigenvalue weighted by atomic mass is 79.9. The summed E-state index contributed by atoms with van der Waals surface area (Å²) in [6, 6.07) is 14.0. The third-order valence-electron chi connectivity index (χ3n) is 4.28. The van der Waals surface area contributed by atoms with Crippen molar-refractivity contribution < 1.29 is 9.53 Å². The number of hydrogen-bond donors (Lipinski definition) is 0. The Morgan fingerprint density at radius 1 is 1.20 bits per heavy atom. The van der Waals surface area contributed by atoms with Crippen LogP contribution >= 0.6 is 31.9 Å². The van der Waals surface area contributed by atoms with Crippen molar-refractivity contribution in [2.45, 2.75) is 26.3 Å². The number of nitrogens with zero attached hydrogens (tertiary/aromatic N) is 1. The number of carbonyl (C=O) groups is 1. The fourth-order valence-corrected chi connectivity index (χ4v) is 4.32. The van der Waals surface area contributed by atoms with Crippen LogP contribution in [0.5, 0.6) is 5.75 Å². The molecule has 0 bridgehead atoms. The van der Waals surface area contributed by atoms with E-state index in [0.717, 1.165) is 32.4 Å². The first-order valence-electron chi connectivity index (χ1n) is 8.43. The molecule has 2 aromatic carbocycles. The van der Waals surface area contributed by atoms with Crippen LogP contribution < -0.4 is 4.74 Å². The van der Waals surface area contributed by atoms with E-state index < -0.39 is 0 Å². The summed E-state index contributed by atoms with van der Waals surface area (Å²) >= 11 is 6.97. The predicted molar refractivity (Wildman–Crippen MR) is 107 cm³/mol. The maximum absolute atomic E-state index is 12.8. The predicted octanol–water partition coefficient (Wildman–Crippen LogP) is 5.34. The summed E-state index contributed by atoms with van der Waals surface area (Å²) in [5.74, 6) is 1.40. The maximum atomic E-state index is 12.8. The molecule has 0 aliphatic heterocycles. The van der Waals surface area contributed by atoms with Crippen LogP contribution in [0.15, 0.2) is 51.4 Å². The van der Waals surface area contributed by atoms with Gasteiger partial charge in [-0.25, -0.2) is 0 Å². The van der Waals surface area contributed by atoms with Crippen molar-refractivity contribution in [2.24, 2.45) is 5.92 Å². The Labute approximate surface area is 165 Å². The Morgan fingerprint density at radius 3 is 2.56 bits per heavy atom. The van der Waals surface area contributed by atoms with E-state index in [0.29, 0.717) is 12.5 Å². The number of halogens is 2. The van der Waals surface area contributed by atoms with Gasteiger partial charge >= 0.3 is 0 Å². The first-order chi connectivity index (χ1) is 12.0. The van der Waals surface area contributed by atoms with Gasteiger partial charge in [-0.2, -0.15) is 0 Å². The van der Waals surface area contributed by atoms with E-state index in [-0.39, 0.29) is 12.5 Å². The molecule has 0 aromatic heterocycles. The molecule has 3 nitrogen and oxygen atoms in total. The number of amides is 1. The molecule has 2 aromatic rings. The molecule has 0 saturated heterocycles. The van der Waals surface area contributed by atoms with Gasteiger partial charge in [0.05, 0.1) is 4.47 Å². The third kappa shape index (κ3) is 5.32. The summed E-state index contributed by atoms with van der Waals surface area (Å²) in [7, 11) is 0. The molecule has 0 spiro atoms. The molecule has 0 heterocycles. The lowest BCUT2D eigenvalue weighted by molar-refractivity contribution is -0.134. The number of rotatable bonds is 7. The minimum atomic E-state index is 0.0324. The maximum Gasteiger partial charge on any atom is 0.260 e. The number of aryl methyl sites for hydroxylation is 1. The molecule has 132 valence electrons. The molecule has 1 amide bonds. The second kappa shape index (κ2) is 8.37. The van der Waals surface area contributed by atoms with Crippen molar-refractivity contribution >= 4 is 37.8 Å². The van der Waals surface area contributed by atoms with Crippen LogP contribution in [0.25, 0.3) is 0 Å². The third-order valence-corrected chi connectivity index (χ3v) is 5.33. The van der Waals surface area contributed by atoms with Gasteiger partial charge in [-0.05, 0) is 64.9 Å². The zero-order chi connectivity index (χ0) is 17.8. The summed E-state index contributed by atoms with van der Waals surface area (Å²) in [5, 5.41) is 0. The molecular weight excluding hydrogens is 446 g/mol. The molecule has 1 aliphatic rings. The molecular formula is C20H21Br2NO2. The van der Waals surface area contributed by atoms with Gasteiger partial charge in [0, 0.05) is 17.6 Å². The van der Waals surface area contributed by atoms with Crippen LogP contribution in [0.1, 0.15) is 24.0 Å². The number of ether oxygens (including phenoxy) is 1. The monoisotopic (exact) mass is 465 g/mol. The molecule has 1 fully saturated rings. The normalized spacial score (nSPS) is 13.6. The lowest BCUT2D eigenvalue weighted by atomic mass is 10.2. The first-order valence-corrected chi connectivity index (χ1v) is 10.0.